The van der Waals surface area contributed by atoms with Crippen molar-refractivity contribution in [3.63, 3.8) is 0 Å². The number of nitrogens with one attached hydrogen (secondary N) is 1. The molecule has 1 aliphatic heterocycles. The Labute approximate surface area is 136 Å². The molecular weight excluding hydrogens is 326 g/mol. The van der Waals surface area contributed by atoms with Crippen LogP contribution in [-0.2, 0) is 24.2 Å². The number of hydrogen-bond acceptors (Lipinski definition) is 6. The van der Waals surface area contributed by atoms with Crippen molar-refractivity contribution in [2.24, 2.45) is 0 Å². The lowest BCUT2D eigenvalue weighted by molar-refractivity contribution is -0.139. The lowest BCUT2D eigenvalue weighted by Gasteiger charge is -2.15. The molecule has 8 heteroatoms. The van der Waals surface area contributed by atoms with Gasteiger partial charge in [0.1, 0.15) is 11.8 Å². The molecule has 0 spiro atoms. The van der Waals surface area contributed by atoms with E-state index in [2.05, 4.69) is 14.1 Å². The summed E-state index contributed by atoms with van der Waals surface area (Å²) >= 11 is 7.17. The number of benzene rings is 1. The van der Waals surface area contributed by atoms with Crippen molar-refractivity contribution in [1.82, 2.24) is 14.1 Å². The summed E-state index contributed by atoms with van der Waals surface area (Å²) < 4.78 is 13.5. The van der Waals surface area contributed by atoms with E-state index in [-0.39, 0.29) is 6.42 Å². The maximum atomic E-state index is 11.4. The Balaban J connectivity index is 1.71. The molecule has 2 N–H and O–H groups in total. The highest BCUT2D eigenvalue weighted by Gasteiger charge is 2.22. The number of halogens is 1. The van der Waals surface area contributed by atoms with Crippen LogP contribution in [0.3, 0.4) is 0 Å². The van der Waals surface area contributed by atoms with E-state index in [1.807, 2.05) is 12.1 Å². The van der Waals surface area contributed by atoms with Crippen LogP contribution >= 0.6 is 23.3 Å². The summed E-state index contributed by atoms with van der Waals surface area (Å²) in [5, 5.41) is 13.0. The van der Waals surface area contributed by atoms with Gasteiger partial charge < -0.3 is 9.84 Å². The zero-order valence-electron chi connectivity index (χ0n) is 11.6. The van der Waals surface area contributed by atoms with Gasteiger partial charge in [-0.2, -0.15) is 8.75 Å². The van der Waals surface area contributed by atoms with Gasteiger partial charge in [-0.3, -0.25) is 10.1 Å². The van der Waals surface area contributed by atoms with Gasteiger partial charge in [0.15, 0.2) is 0 Å². The van der Waals surface area contributed by atoms with E-state index in [0.717, 1.165) is 35.0 Å². The minimum absolute atomic E-state index is 0.287. The molecule has 116 valence electrons. The Morgan fingerprint density at radius 3 is 3.14 bits per heavy atom. The normalized spacial score (nSPS) is 14.4. The van der Waals surface area contributed by atoms with Crippen LogP contribution in [0, 0.1) is 0 Å². The van der Waals surface area contributed by atoms with Gasteiger partial charge in [0, 0.05) is 30.0 Å². The molecule has 0 saturated heterocycles. The molecule has 6 nitrogen and oxygen atoms in total. The number of ether oxygens (including phenoxy) is 1. The first-order valence-corrected chi connectivity index (χ1v) is 7.91. The number of rotatable bonds is 6. The monoisotopic (exact) mass is 339 g/mol. The van der Waals surface area contributed by atoms with Gasteiger partial charge in [-0.25, -0.2) is 0 Å². The molecular formula is C14H14ClN3O3S. The summed E-state index contributed by atoms with van der Waals surface area (Å²) in [5.41, 5.74) is 2.61. The third-order valence-electron chi connectivity index (χ3n) is 3.48. The van der Waals surface area contributed by atoms with Crippen LogP contribution in [0.1, 0.15) is 16.8 Å². The fraction of sp³-hybridized carbons (Fsp3) is 0.357. The van der Waals surface area contributed by atoms with Gasteiger partial charge in [-0.15, -0.1) is 0 Å². The highest BCUT2D eigenvalue weighted by atomic mass is 35.5. The summed E-state index contributed by atoms with van der Waals surface area (Å²) in [4.78, 5) is 11.4. The van der Waals surface area contributed by atoms with Gasteiger partial charge >= 0.3 is 5.97 Å². The molecule has 0 amide bonds. The lowest BCUT2D eigenvalue weighted by Crippen LogP contribution is -2.38. The third kappa shape index (κ3) is 3.37. The van der Waals surface area contributed by atoms with Gasteiger partial charge in [-0.1, -0.05) is 11.6 Å². The molecule has 2 aromatic rings. The molecule has 1 aromatic heterocycles. The molecule has 0 radical (unpaired) electrons. The van der Waals surface area contributed by atoms with Gasteiger partial charge in [0.25, 0.3) is 0 Å². The van der Waals surface area contributed by atoms with Gasteiger partial charge in [0.2, 0.25) is 0 Å². The summed E-state index contributed by atoms with van der Waals surface area (Å²) in [6.07, 6.45) is 2.70. The van der Waals surface area contributed by atoms with E-state index in [0.29, 0.717) is 23.9 Å². The predicted molar refractivity (Wildman–Crippen MR) is 82.5 cm³/mol. The molecule has 1 atom stereocenters. The second-order valence-electron chi connectivity index (χ2n) is 5.03. The molecule has 22 heavy (non-hydrogen) atoms. The lowest BCUT2D eigenvalue weighted by atomic mass is 10.1. The minimum atomic E-state index is -0.924. The van der Waals surface area contributed by atoms with Crippen molar-refractivity contribution in [3.8, 4) is 5.75 Å². The summed E-state index contributed by atoms with van der Waals surface area (Å²) in [7, 11) is 0. The Morgan fingerprint density at radius 1 is 1.55 bits per heavy atom. The van der Waals surface area contributed by atoms with Crippen molar-refractivity contribution in [2.75, 3.05) is 6.61 Å². The smallest absolute Gasteiger partial charge is 0.321 e. The van der Waals surface area contributed by atoms with Crippen molar-refractivity contribution in [1.29, 1.82) is 0 Å². The van der Waals surface area contributed by atoms with Crippen molar-refractivity contribution >= 4 is 29.3 Å². The van der Waals surface area contributed by atoms with Crippen LogP contribution < -0.4 is 10.1 Å². The van der Waals surface area contributed by atoms with Crippen molar-refractivity contribution < 1.29 is 14.6 Å². The minimum Gasteiger partial charge on any atom is -0.493 e. The average Bonchev–Trinajstić information content (AvgIpc) is 3.13. The largest absolute Gasteiger partial charge is 0.493 e. The number of carbonyl (C=O) groups is 1. The molecule has 0 saturated carbocycles. The van der Waals surface area contributed by atoms with Gasteiger partial charge in [0.05, 0.1) is 30.2 Å². The standard InChI is InChI=1S/C14H14ClN3O3S/c15-10-3-8-1-2-21-13(8)9(4-10)6-16-12(14(19)20)5-11-7-17-22-18-11/h3-4,7,12,16H,1-2,5-6H2,(H,19,20). The molecule has 1 aromatic carbocycles. The van der Waals surface area contributed by atoms with Crippen LogP contribution in [0.4, 0.5) is 0 Å². The number of carboxylic acids is 1. The van der Waals surface area contributed by atoms with Crippen molar-refractivity contribution in [2.45, 2.75) is 25.4 Å². The van der Waals surface area contributed by atoms with Gasteiger partial charge in [-0.05, 0) is 17.7 Å². The summed E-state index contributed by atoms with van der Waals surface area (Å²) in [6.45, 7) is 1.01. The molecule has 1 unspecified atom stereocenters. The molecule has 0 aliphatic carbocycles. The Bertz CT molecular complexity index is 678. The summed E-state index contributed by atoms with van der Waals surface area (Å²) in [5.74, 6) is -0.107. The first-order valence-electron chi connectivity index (χ1n) is 6.80. The number of fused-ring (bicyclic) bond motifs is 1. The first-order chi connectivity index (χ1) is 10.6. The third-order valence-corrected chi connectivity index (χ3v) is 4.22. The molecule has 1 aliphatic rings. The maximum Gasteiger partial charge on any atom is 0.321 e. The Hall–Kier alpha value is -1.70. The molecule has 0 fully saturated rings. The summed E-state index contributed by atoms with van der Waals surface area (Å²) in [6, 6.07) is 2.96. The van der Waals surface area contributed by atoms with Crippen LogP contribution in [0.15, 0.2) is 18.3 Å². The zero-order valence-corrected chi connectivity index (χ0v) is 13.2. The van der Waals surface area contributed by atoms with E-state index in [9.17, 15) is 9.90 Å². The highest BCUT2D eigenvalue weighted by Crippen LogP contribution is 2.32. The van der Waals surface area contributed by atoms with E-state index in [1.54, 1.807) is 6.20 Å². The first kappa shape index (κ1) is 15.2. The molecule has 0 bridgehead atoms. The van der Waals surface area contributed by atoms with E-state index < -0.39 is 12.0 Å². The molecule has 3 rings (SSSR count). The zero-order chi connectivity index (χ0) is 15.5. The van der Waals surface area contributed by atoms with Crippen LogP contribution in [0.5, 0.6) is 5.75 Å². The maximum absolute atomic E-state index is 11.4. The van der Waals surface area contributed by atoms with Crippen LogP contribution in [0.2, 0.25) is 5.02 Å². The van der Waals surface area contributed by atoms with Crippen LogP contribution in [-0.4, -0.2) is 32.5 Å². The van der Waals surface area contributed by atoms with E-state index in [4.69, 9.17) is 16.3 Å². The second-order valence-corrected chi connectivity index (χ2v) is 6.02. The molecule has 2 heterocycles. The SMILES string of the molecule is O=C(O)C(Cc1cnsn1)NCc1cc(Cl)cc2c1OCC2. The Morgan fingerprint density at radius 2 is 2.41 bits per heavy atom. The topological polar surface area (TPSA) is 84.3 Å². The fourth-order valence-electron chi connectivity index (χ4n) is 2.44. The van der Waals surface area contributed by atoms with Crippen molar-refractivity contribution in [3.05, 3.63) is 40.2 Å². The highest BCUT2D eigenvalue weighted by molar-refractivity contribution is 6.99. The number of aromatic nitrogens is 2. The number of nitrogens with zero attached hydrogens (tertiary/aromatic N) is 2. The number of hydrogen-bond donors (Lipinski definition) is 2. The predicted octanol–water partition coefficient (Wildman–Crippen LogP) is 1.91. The number of carboxylic acid groups (broad SMARTS) is 1. The van der Waals surface area contributed by atoms with E-state index in [1.165, 1.54) is 0 Å². The Kier molecular flexibility index (Phi) is 4.56. The number of aliphatic carboxylic acids is 1. The fourth-order valence-corrected chi connectivity index (χ4v) is 3.15. The average molecular weight is 340 g/mol. The second kappa shape index (κ2) is 6.60. The van der Waals surface area contributed by atoms with E-state index >= 15 is 0 Å². The quantitative estimate of drug-likeness (QED) is 0.836. The van der Waals surface area contributed by atoms with Crippen LogP contribution in [0.25, 0.3) is 0 Å².